The highest BCUT2D eigenvalue weighted by molar-refractivity contribution is 7.90. The molecule has 1 aromatic heterocycles. The summed E-state index contributed by atoms with van der Waals surface area (Å²) in [4.78, 5) is 8.75. The molecule has 2 N–H and O–H groups in total. The molecule has 8 nitrogen and oxygen atoms in total. The summed E-state index contributed by atoms with van der Waals surface area (Å²) in [6, 6.07) is 15.6. The Hall–Kier alpha value is -3.46. The molecule has 2 aromatic carbocycles. The lowest BCUT2D eigenvalue weighted by molar-refractivity contribution is 0.319. The van der Waals surface area contributed by atoms with E-state index >= 15 is 0 Å². The molecular weight excluding hydrogens is 426 g/mol. The van der Waals surface area contributed by atoms with Gasteiger partial charge in [0.25, 0.3) is 10.0 Å². The van der Waals surface area contributed by atoms with Gasteiger partial charge in [0.15, 0.2) is 0 Å². The van der Waals surface area contributed by atoms with Gasteiger partial charge in [-0.15, -0.1) is 4.40 Å². The van der Waals surface area contributed by atoms with Crippen LogP contribution in [0.4, 0.5) is 11.6 Å². The van der Waals surface area contributed by atoms with Crippen LogP contribution in [0, 0.1) is 20.8 Å². The van der Waals surface area contributed by atoms with Crippen LogP contribution in [0.5, 0.6) is 5.75 Å². The Morgan fingerprint density at radius 1 is 0.969 bits per heavy atom. The zero-order chi connectivity index (χ0) is 23.1. The summed E-state index contributed by atoms with van der Waals surface area (Å²) in [5.74, 6) is 0.779. The van der Waals surface area contributed by atoms with Gasteiger partial charge in [-0.05, 0) is 57.5 Å². The van der Waals surface area contributed by atoms with E-state index in [0.717, 1.165) is 23.4 Å². The molecule has 9 heteroatoms. The number of guanidine groups is 1. The zero-order valence-corrected chi connectivity index (χ0v) is 19.4. The van der Waals surface area contributed by atoms with Gasteiger partial charge < -0.3 is 10.1 Å². The number of nitrogens with zero attached hydrogens (tertiary/aromatic N) is 3. The smallest absolute Gasteiger partial charge is 0.285 e. The van der Waals surface area contributed by atoms with Crippen LogP contribution in [-0.4, -0.2) is 31.0 Å². The molecule has 3 rings (SSSR count). The van der Waals surface area contributed by atoms with Crippen molar-refractivity contribution in [3.63, 3.8) is 0 Å². The number of aryl methyl sites for hydroxylation is 3. The molecule has 0 aliphatic rings. The molecule has 0 saturated heterocycles. The molecule has 0 unspecified atom stereocenters. The van der Waals surface area contributed by atoms with Crippen LogP contribution in [0.3, 0.4) is 0 Å². The van der Waals surface area contributed by atoms with Crippen molar-refractivity contribution in [1.29, 1.82) is 0 Å². The number of rotatable bonds is 7. The molecule has 0 radical (unpaired) electrons. The maximum Gasteiger partial charge on any atom is 0.285 e. The number of hydrogen-bond donors (Lipinski definition) is 2. The van der Waals surface area contributed by atoms with E-state index in [1.165, 1.54) is 12.1 Å². The van der Waals surface area contributed by atoms with Gasteiger partial charge in [-0.1, -0.05) is 36.8 Å². The minimum atomic E-state index is -4.00. The minimum Gasteiger partial charge on any atom is -0.491 e. The molecule has 0 aliphatic carbocycles. The van der Waals surface area contributed by atoms with E-state index < -0.39 is 10.0 Å². The van der Waals surface area contributed by atoms with E-state index in [0.29, 0.717) is 18.0 Å². The van der Waals surface area contributed by atoms with Crippen molar-refractivity contribution in [3.8, 4) is 5.75 Å². The Bertz CT molecular complexity index is 1190. The second kappa shape index (κ2) is 10.2. The van der Waals surface area contributed by atoms with Gasteiger partial charge in [-0.25, -0.2) is 9.97 Å². The molecule has 0 aliphatic heterocycles. The summed E-state index contributed by atoms with van der Waals surface area (Å²) in [5.41, 5.74) is 3.01. The maximum atomic E-state index is 13.0. The lowest BCUT2D eigenvalue weighted by atomic mass is 10.2. The van der Waals surface area contributed by atoms with Gasteiger partial charge in [0, 0.05) is 11.4 Å². The summed E-state index contributed by atoms with van der Waals surface area (Å²) in [5, 5.41) is 5.95. The summed E-state index contributed by atoms with van der Waals surface area (Å²) in [6.45, 7) is 8.09. The van der Waals surface area contributed by atoms with Crippen molar-refractivity contribution in [2.75, 3.05) is 17.2 Å². The fraction of sp³-hybridized carbons (Fsp3) is 0.261. The first-order chi connectivity index (χ1) is 15.3. The minimum absolute atomic E-state index is 0.0388. The number of sulfonamides is 1. The number of anilines is 2. The van der Waals surface area contributed by atoms with E-state index in [-0.39, 0.29) is 16.8 Å². The normalized spacial score (nSPS) is 11.8. The molecule has 0 spiro atoms. The van der Waals surface area contributed by atoms with Crippen LogP contribution in [0.1, 0.15) is 30.3 Å². The first kappa shape index (κ1) is 23.2. The SMILES string of the molecule is CCCOc1ccccc1N/C(=N/S(=O)(=O)c1ccc(C)cc1)Nc1nc(C)cc(C)n1. The number of benzene rings is 2. The van der Waals surface area contributed by atoms with Crippen molar-refractivity contribution < 1.29 is 13.2 Å². The molecule has 168 valence electrons. The molecular formula is C23H27N5O3S. The third kappa shape index (κ3) is 6.27. The summed E-state index contributed by atoms with van der Waals surface area (Å²) >= 11 is 0. The average molecular weight is 454 g/mol. The van der Waals surface area contributed by atoms with Gasteiger partial charge in [0.2, 0.25) is 11.9 Å². The predicted octanol–water partition coefficient (Wildman–Crippen LogP) is 4.46. The molecule has 0 atom stereocenters. The molecule has 0 bridgehead atoms. The Kier molecular flexibility index (Phi) is 7.42. The van der Waals surface area contributed by atoms with Gasteiger partial charge >= 0.3 is 0 Å². The standard InChI is InChI=1S/C23H27N5O3S/c1-5-14-31-21-9-7-6-8-20(21)26-23(27-22-24-17(3)15-18(4)25-22)28-32(29,30)19-12-10-16(2)11-13-19/h6-13,15H,5,14H2,1-4H3,(H2,24,25,26,27,28). The van der Waals surface area contributed by atoms with Crippen LogP contribution in [0.15, 0.2) is 63.9 Å². The van der Waals surface area contributed by atoms with E-state index in [9.17, 15) is 8.42 Å². The van der Waals surface area contributed by atoms with Crippen LogP contribution < -0.4 is 15.4 Å². The second-order valence-electron chi connectivity index (χ2n) is 7.30. The summed E-state index contributed by atoms with van der Waals surface area (Å²) in [6.07, 6.45) is 0.839. The van der Waals surface area contributed by atoms with Crippen LogP contribution in [-0.2, 0) is 10.0 Å². The van der Waals surface area contributed by atoms with Crippen LogP contribution in [0.2, 0.25) is 0 Å². The highest BCUT2D eigenvalue weighted by Gasteiger charge is 2.17. The van der Waals surface area contributed by atoms with Crippen molar-refractivity contribution in [2.45, 2.75) is 39.0 Å². The molecule has 3 aromatic rings. The molecule has 0 amide bonds. The first-order valence-electron chi connectivity index (χ1n) is 10.3. The van der Waals surface area contributed by atoms with Crippen molar-refractivity contribution in [1.82, 2.24) is 9.97 Å². The van der Waals surface area contributed by atoms with Crippen molar-refractivity contribution in [3.05, 3.63) is 71.5 Å². The fourth-order valence-corrected chi connectivity index (χ4v) is 3.80. The van der Waals surface area contributed by atoms with Crippen molar-refractivity contribution in [2.24, 2.45) is 4.40 Å². The molecule has 32 heavy (non-hydrogen) atoms. The van der Waals surface area contributed by atoms with E-state index in [4.69, 9.17) is 4.74 Å². The first-order valence-corrected chi connectivity index (χ1v) is 11.7. The maximum absolute atomic E-state index is 13.0. The van der Waals surface area contributed by atoms with E-state index in [1.54, 1.807) is 24.3 Å². The highest BCUT2D eigenvalue weighted by atomic mass is 32.2. The number of para-hydroxylation sites is 2. The molecule has 0 saturated carbocycles. The van der Waals surface area contributed by atoms with Crippen LogP contribution in [0.25, 0.3) is 0 Å². The Morgan fingerprint density at radius 3 is 2.28 bits per heavy atom. The van der Waals surface area contributed by atoms with E-state index in [2.05, 4.69) is 25.0 Å². The zero-order valence-electron chi connectivity index (χ0n) is 18.6. The third-order valence-electron chi connectivity index (χ3n) is 4.34. The van der Waals surface area contributed by atoms with E-state index in [1.807, 2.05) is 45.9 Å². The Balaban J connectivity index is 2.01. The lowest BCUT2D eigenvalue weighted by Crippen LogP contribution is -2.25. The van der Waals surface area contributed by atoms with Gasteiger partial charge in [0.05, 0.1) is 17.2 Å². The predicted molar refractivity (Wildman–Crippen MR) is 127 cm³/mol. The largest absolute Gasteiger partial charge is 0.491 e. The Morgan fingerprint density at radius 2 is 1.62 bits per heavy atom. The third-order valence-corrected chi connectivity index (χ3v) is 5.64. The van der Waals surface area contributed by atoms with Gasteiger partial charge in [0.1, 0.15) is 5.75 Å². The Labute approximate surface area is 188 Å². The average Bonchev–Trinajstić information content (AvgIpc) is 2.72. The highest BCUT2D eigenvalue weighted by Crippen LogP contribution is 2.24. The number of hydrogen-bond acceptors (Lipinski definition) is 5. The second-order valence-corrected chi connectivity index (χ2v) is 8.90. The van der Waals surface area contributed by atoms with Crippen molar-refractivity contribution >= 4 is 27.6 Å². The fourth-order valence-electron chi connectivity index (χ4n) is 2.88. The quantitative estimate of drug-likeness (QED) is 0.402. The van der Waals surface area contributed by atoms with Gasteiger partial charge in [-0.3, -0.25) is 5.32 Å². The lowest BCUT2D eigenvalue weighted by Gasteiger charge is -2.15. The number of ether oxygens (including phenoxy) is 1. The summed E-state index contributed by atoms with van der Waals surface area (Å²) < 4.78 is 35.8. The summed E-state index contributed by atoms with van der Waals surface area (Å²) in [7, 11) is -4.00. The number of aromatic nitrogens is 2. The topological polar surface area (TPSA) is 106 Å². The number of nitrogens with one attached hydrogen (secondary N) is 2. The monoisotopic (exact) mass is 453 g/mol. The van der Waals surface area contributed by atoms with Crippen LogP contribution >= 0.6 is 0 Å². The molecule has 1 heterocycles. The molecule has 0 fully saturated rings. The van der Waals surface area contributed by atoms with Gasteiger partial charge in [-0.2, -0.15) is 8.42 Å².